The molecule has 7 nitrogen and oxygen atoms in total. The highest BCUT2D eigenvalue weighted by molar-refractivity contribution is 7.90. The van der Waals surface area contributed by atoms with Gasteiger partial charge in [-0.05, 0) is 31.3 Å². The van der Waals surface area contributed by atoms with E-state index in [1.807, 2.05) is 0 Å². The van der Waals surface area contributed by atoms with Crippen molar-refractivity contribution in [1.29, 1.82) is 0 Å². The van der Waals surface area contributed by atoms with Gasteiger partial charge >= 0.3 is 0 Å². The highest BCUT2D eigenvalue weighted by Crippen LogP contribution is 2.13. The molecule has 0 aliphatic rings. The van der Waals surface area contributed by atoms with E-state index in [9.17, 15) is 16.8 Å². The van der Waals surface area contributed by atoms with E-state index >= 15 is 0 Å². The van der Waals surface area contributed by atoms with Gasteiger partial charge in [0.25, 0.3) is 0 Å². The number of rotatable bonds is 7. The maximum atomic E-state index is 11.9. The first-order chi connectivity index (χ1) is 8.80. The summed E-state index contributed by atoms with van der Waals surface area (Å²) >= 11 is 0. The zero-order valence-corrected chi connectivity index (χ0v) is 12.3. The summed E-state index contributed by atoms with van der Waals surface area (Å²) < 4.78 is 50.4. The lowest BCUT2D eigenvalue weighted by Gasteiger charge is -2.07. The van der Waals surface area contributed by atoms with Crippen molar-refractivity contribution in [3.63, 3.8) is 0 Å². The van der Waals surface area contributed by atoms with Crippen LogP contribution < -0.4 is 14.8 Å². The van der Waals surface area contributed by atoms with E-state index in [1.54, 1.807) is 19.2 Å². The zero-order valence-electron chi connectivity index (χ0n) is 10.7. The maximum absolute atomic E-state index is 11.9. The Morgan fingerprint density at radius 2 is 1.58 bits per heavy atom. The molecular weight excluding hydrogens is 290 g/mol. The minimum atomic E-state index is -3.69. The molecule has 0 radical (unpaired) electrons. The Balaban J connectivity index is 2.70. The predicted molar refractivity (Wildman–Crippen MR) is 74.0 cm³/mol. The van der Waals surface area contributed by atoms with Crippen LogP contribution in [0, 0.1) is 0 Å². The number of hydrogen-bond acceptors (Lipinski definition) is 5. The van der Waals surface area contributed by atoms with Gasteiger partial charge in [0, 0.05) is 19.3 Å². The van der Waals surface area contributed by atoms with E-state index in [-0.39, 0.29) is 17.2 Å². The van der Waals surface area contributed by atoms with Crippen LogP contribution in [-0.2, 0) is 20.0 Å². The fraction of sp³-hybridized carbons (Fsp3) is 0.400. The monoisotopic (exact) mass is 307 g/mol. The van der Waals surface area contributed by atoms with Gasteiger partial charge in [-0.2, -0.15) is 0 Å². The van der Waals surface area contributed by atoms with Crippen molar-refractivity contribution in [3.8, 4) is 0 Å². The van der Waals surface area contributed by atoms with E-state index in [0.29, 0.717) is 0 Å². The van der Waals surface area contributed by atoms with Crippen molar-refractivity contribution in [2.45, 2.75) is 4.90 Å². The van der Waals surface area contributed by atoms with Crippen LogP contribution in [0.5, 0.6) is 0 Å². The molecule has 19 heavy (non-hydrogen) atoms. The lowest BCUT2D eigenvalue weighted by molar-refractivity contribution is 0.578. The summed E-state index contributed by atoms with van der Waals surface area (Å²) in [7, 11) is -4.10. The van der Waals surface area contributed by atoms with Gasteiger partial charge in [0.05, 0.1) is 10.6 Å². The number of sulfonamides is 2. The molecule has 1 aromatic rings. The highest BCUT2D eigenvalue weighted by Gasteiger charge is 2.15. The Morgan fingerprint density at radius 1 is 1.00 bits per heavy atom. The van der Waals surface area contributed by atoms with Crippen LogP contribution in [0.25, 0.3) is 0 Å². The van der Waals surface area contributed by atoms with Crippen molar-refractivity contribution >= 4 is 25.7 Å². The smallest absolute Gasteiger partial charge is 0.240 e. The SMILES string of the molecule is CNc1ccc(S(=O)(=O)NCCS(=O)(=O)NC)cc1. The number of hydrogen-bond donors (Lipinski definition) is 3. The average molecular weight is 307 g/mol. The minimum Gasteiger partial charge on any atom is -0.388 e. The summed E-state index contributed by atoms with van der Waals surface area (Å²) in [4.78, 5) is 0.0911. The molecule has 0 aliphatic heterocycles. The van der Waals surface area contributed by atoms with Crippen molar-refractivity contribution in [3.05, 3.63) is 24.3 Å². The second-order valence-corrected chi connectivity index (χ2v) is 7.51. The normalized spacial score (nSPS) is 12.3. The Kier molecular flexibility index (Phi) is 5.29. The van der Waals surface area contributed by atoms with E-state index in [1.165, 1.54) is 19.2 Å². The van der Waals surface area contributed by atoms with Crippen molar-refractivity contribution in [2.24, 2.45) is 0 Å². The molecule has 0 heterocycles. The van der Waals surface area contributed by atoms with Gasteiger partial charge < -0.3 is 5.32 Å². The molecular formula is C10H17N3O4S2. The molecule has 0 spiro atoms. The topological polar surface area (TPSA) is 104 Å². The fourth-order valence-corrected chi connectivity index (χ4v) is 3.03. The molecule has 3 N–H and O–H groups in total. The molecule has 108 valence electrons. The van der Waals surface area contributed by atoms with Crippen molar-refractivity contribution in [1.82, 2.24) is 9.44 Å². The van der Waals surface area contributed by atoms with E-state index in [2.05, 4.69) is 14.8 Å². The van der Waals surface area contributed by atoms with Crippen molar-refractivity contribution in [2.75, 3.05) is 31.7 Å². The van der Waals surface area contributed by atoms with Gasteiger partial charge in [0.2, 0.25) is 20.0 Å². The summed E-state index contributed by atoms with van der Waals surface area (Å²) in [6, 6.07) is 6.14. The molecule has 0 saturated carbocycles. The van der Waals surface area contributed by atoms with Crippen LogP contribution in [0.2, 0.25) is 0 Å². The predicted octanol–water partition coefficient (Wildman–Crippen LogP) is -0.444. The summed E-state index contributed by atoms with van der Waals surface area (Å²) in [5.74, 6) is -0.308. The Bertz CT molecular complexity index is 609. The molecule has 0 aliphatic carbocycles. The van der Waals surface area contributed by atoms with Gasteiger partial charge in [-0.3, -0.25) is 0 Å². The zero-order chi connectivity index (χ0) is 14.5. The standard InChI is InChI=1S/C10H17N3O4S2/c1-11-9-3-5-10(6-4-9)19(16,17)13-7-8-18(14,15)12-2/h3-6,11-13H,7-8H2,1-2H3. The van der Waals surface area contributed by atoms with Crippen LogP contribution in [0.3, 0.4) is 0 Å². The molecule has 0 saturated heterocycles. The van der Waals surface area contributed by atoms with Crippen LogP contribution >= 0.6 is 0 Å². The van der Waals surface area contributed by atoms with Crippen LogP contribution in [-0.4, -0.2) is 43.2 Å². The van der Waals surface area contributed by atoms with Gasteiger partial charge in [-0.1, -0.05) is 0 Å². The molecule has 1 rings (SSSR count). The number of nitrogens with one attached hydrogen (secondary N) is 3. The third kappa shape index (κ3) is 4.78. The third-order valence-corrected chi connectivity index (χ3v) is 5.27. The molecule has 0 aromatic heterocycles. The Morgan fingerprint density at radius 3 is 2.05 bits per heavy atom. The van der Waals surface area contributed by atoms with Gasteiger partial charge in [-0.25, -0.2) is 26.3 Å². The van der Waals surface area contributed by atoms with Gasteiger partial charge in [-0.15, -0.1) is 0 Å². The molecule has 1 aromatic carbocycles. The number of benzene rings is 1. The third-order valence-electron chi connectivity index (χ3n) is 2.43. The first-order valence-corrected chi connectivity index (χ1v) is 8.63. The quantitative estimate of drug-likeness (QED) is 0.633. The molecule has 9 heteroatoms. The van der Waals surface area contributed by atoms with E-state index in [4.69, 9.17) is 0 Å². The summed E-state index contributed by atoms with van der Waals surface area (Å²) in [6.07, 6.45) is 0. The van der Waals surface area contributed by atoms with Crippen molar-refractivity contribution < 1.29 is 16.8 Å². The Labute approximate surface area is 113 Å². The minimum absolute atomic E-state index is 0.0911. The second kappa shape index (κ2) is 6.33. The Hall–Kier alpha value is -1.16. The summed E-state index contributed by atoms with van der Waals surface area (Å²) in [5.41, 5.74) is 0.789. The highest BCUT2D eigenvalue weighted by atomic mass is 32.2. The van der Waals surface area contributed by atoms with Crippen LogP contribution in [0.15, 0.2) is 29.2 Å². The maximum Gasteiger partial charge on any atom is 0.240 e. The molecule has 0 atom stereocenters. The second-order valence-electron chi connectivity index (χ2n) is 3.70. The van der Waals surface area contributed by atoms with E-state index < -0.39 is 20.0 Å². The van der Waals surface area contributed by atoms with Crippen LogP contribution in [0.4, 0.5) is 5.69 Å². The fourth-order valence-electron chi connectivity index (χ4n) is 1.30. The average Bonchev–Trinajstić information content (AvgIpc) is 2.38. The largest absolute Gasteiger partial charge is 0.388 e. The first kappa shape index (κ1) is 15.9. The number of anilines is 1. The summed E-state index contributed by atoms with van der Waals surface area (Å²) in [6.45, 7) is -0.181. The summed E-state index contributed by atoms with van der Waals surface area (Å²) in [5, 5.41) is 2.87. The van der Waals surface area contributed by atoms with E-state index in [0.717, 1.165) is 5.69 Å². The van der Waals surface area contributed by atoms with Gasteiger partial charge in [0.15, 0.2) is 0 Å². The molecule has 0 fully saturated rings. The molecule has 0 amide bonds. The van der Waals surface area contributed by atoms with Crippen LogP contribution in [0.1, 0.15) is 0 Å². The molecule has 0 bridgehead atoms. The lowest BCUT2D eigenvalue weighted by Crippen LogP contribution is -2.32. The molecule has 0 unspecified atom stereocenters. The lowest BCUT2D eigenvalue weighted by atomic mass is 10.3. The first-order valence-electron chi connectivity index (χ1n) is 5.49. The van der Waals surface area contributed by atoms with Gasteiger partial charge in [0.1, 0.15) is 0 Å².